The van der Waals surface area contributed by atoms with E-state index >= 15 is 0 Å². The molecular weight excluding hydrogens is 190 g/mol. The summed E-state index contributed by atoms with van der Waals surface area (Å²) in [5.74, 6) is -0.0284. The normalized spacial score (nSPS) is 12.7. The van der Waals surface area contributed by atoms with Gasteiger partial charge < -0.3 is 10.3 Å². The minimum Gasteiger partial charge on any atom is -0.357 e. The van der Waals surface area contributed by atoms with E-state index < -0.39 is 0 Å². The van der Waals surface area contributed by atoms with Gasteiger partial charge in [-0.25, -0.2) is 0 Å². The Labute approximate surface area is 87.7 Å². The van der Waals surface area contributed by atoms with Crippen molar-refractivity contribution in [2.75, 3.05) is 0 Å². The molecule has 2 N–H and O–H groups in total. The molecule has 0 aromatic carbocycles. The zero-order valence-electron chi connectivity index (χ0n) is 8.74. The summed E-state index contributed by atoms with van der Waals surface area (Å²) in [5, 5.41) is 3.89. The number of amides is 1. The first kappa shape index (κ1) is 9.71. The lowest BCUT2D eigenvalue weighted by atomic mass is 10.2. The van der Waals surface area contributed by atoms with Gasteiger partial charge in [-0.1, -0.05) is 0 Å². The molecule has 0 saturated heterocycles. The second-order valence-electron chi connectivity index (χ2n) is 3.61. The van der Waals surface area contributed by atoms with Gasteiger partial charge in [0.15, 0.2) is 0 Å². The minimum absolute atomic E-state index is 0.00472. The van der Waals surface area contributed by atoms with E-state index in [1.807, 2.05) is 19.1 Å². The Morgan fingerprint density at radius 2 is 2.40 bits per heavy atom. The van der Waals surface area contributed by atoms with Crippen molar-refractivity contribution in [2.45, 2.75) is 19.9 Å². The quantitative estimate of drug-likeness (QED) is 0.781. The number of nitrogens with one attached hydrogen (secondary N) is 2. The van der Waals surface area contributed by atoms with Crippen molar-refractivity contribution < 1.29 is 4.79 Å². The zero-order chi connectivity index (χ0) is 10.8. The van der Waals surface area contributed by atoms with Gasteiger partial charge in [-0.15, -0.1) is 0 Å². The van der Waals surface area contributed by atoms with Gasteiger partial charge >= 0.3 is 0 Å². The Morgan fingerprint density at radius 3 is 3.07 bits per heavy atom. The summed E-state index contributed by atoms with van der Waals surface area (Å²) in [6.07, 6.45) is 3.54. The number of carbonyl (C=O) groups is 1. The molecule has 15 heavy (non-hydrogen) atoms. The summed E-state index contributed by atoms with van der Waals surface area (Å²) in [4.78, 5) is 18.2. The number of H-pyrrole nitrogens is 1. The fourth-order valence-corrected chi connectivity index (χ4v) is 1.61. The van der Waals surface area contributed by atoms with Gasteiger partial charge in [0.25, 0.3) is 0 Å². The lowest BCUT2D eigenvalue weighted by molar-refractivity contribution is -0.119. The predicted molar refractivity (Wildman–Crippen MR) is 58.3 cm³/mol. The van der Waals surface area contributed by atoms with Crippen LogP contribution in [0.4, 0.5) is 0 Å². The number of carbonyl (C=O) groups excluding carboxylic acids is 1. The molecule has 0 aliphatic carbocycles. The van der Waals surface area contributed by atoms with Gasteiger partial charge in [0, 0.05) is 35.9 Å². The molecule has 0 radical (unpaired) electrons. The molecule has 0 spiro atoms. The molecule has 0 aliphatic heterocycles. The van der Waals surface area contributed by atoms with Crippen LogP contribution in [0.1, 0.15) is 25.6 Å². The summed E-state index contributed by atoms with van der Waals surface area (Å²) < 4.78 is 0. The highest BCUT2D eigenvalue weighted by atomic mass is 16.1. The monoisotopic (exact) mass is 203 g/mol. The zero-order valence-corrected chi connectivity index (χ0v) is 8.74. The van der Waals surface area contributed by atoms with Gasteiger partial charge in [-0.3, -0.25) is 9.78 Å². The Morgan fingerprint density at radius 1 is 1.60 bits per heavy atom. The van der Waals surface area contributed by atoms with E-state index in [1.165, 1.54) is 6.92 Å². The summed E-state index contributed by atoms with van der Waals surface area (Å²) in [6, 6.07) is 3.91. The van der Waals surface area contributed by atoms with Crippen molar-refractivity contribution >= 4 is 16.8 Å². The van der Waals surface area contributed by atoms with E-state index in [-0.39, 0.29) is 11.9 Å². The van der Waals surface area contributed by atoms with Crippen molar-refractivity contribution in [3.05, 3.63) is 30.2 Å². The van der Waals surface area contributed by atoms with E-state index in [9.17, 15) is 4.79 Å². The third kappa shape index (κ3) is 1.98. The first-order valence-electron chi connectivity index (χ1n) is 4.86. The van der Waals surface area contributed by atoms with Gasteiger partial charge in [-0.05, 0) is 19.1 Å². The Bertz CT molecular complexity index is 456. The maximum atomic E-state index is 10.9. The first-order valence-corrected chi connectivity index (χ1v) is 4.86. The summed E-state index contributed by atoms with van der Waals surface area (Å²) in [6.45, 7) is 3.46. The SMILES string of the molecule is CC(=O)N[C@H](C)c1cc2cnccc2[nH]1. The summed E-state index contributed by atoms with van der Waals surface area (Å²) in [7, 11) is 0. The fraction of sp³-hybridized carbons (Fsp3) is 0.273. The number of hydrogen-bond donors (Lipinski definition) is 2. The molecule has 4 heteroatoms. The Hall–Kier alpha value is -1.84. The average molecular weight is 203 g/mol. The predicted octanol–water partition coefficient (Wildman–Crippen LogP) is 1.76. The van der Waals surface area contributed by atoms with Crippen LogP contribution in [0.2, 0.25) is 0 Å². The van der Waals surface area contributed by atoms with Crippen LogP contribution in [0.5, 0.6) is 0 Å². The highest BCUT2D eigenvalue weighted by Crippen LogP contribution is 2.18. The van der Waals surface area contributed by atoms with Crippen LogP contribution in [-0.2, 0) is 4.79 Å². The smallest absolute Gasteiger partial charge is 0.217 e. The van der Waals surface area contributed by atoms with E-state index in [2.05, 4.69) is 15.3 Å². The highest BCUT2D eigenvalue weighted by Gasteiger charge is 2.09. The molecule has 4 nitrogen and oxygen atoms in total. The van der Waals surface area contributed by atoms with Gasteiger partial charge in [0.2, 0.25) is 5.91 Å². The second-order valence-corrected chi connectivity index (χ2v) is 3.61. The number of hydrogen-bond acceptors (Lipinski definition) is 2. The third-order valence-corrected chi connectivity index (χ3v) is 2.33. The topological polar surface area (TPSA) is 57.8 Å². The Balaban J connectivity index is 2.32. The number of nitrogens with zero attached hydrogens (tertiary/aromatic N) is 1. The largest absolute Gasteiger partial charge is 0.357 e. The molecule has 2 aromatic rings. The fourth-order valence-electron chi connectivity index (χ4n) is 1.61. The standard InChI is InChI=1S/C11H13N3O/c1-7(13-8(2)15)11-5-9-6-12-4-3-10(9)14-11/h3-7,14H,1-2H3,(H,13,15)/t7-/m1/s1. The molecule has 2 rings (SSSR count). The van der Waals surface area contributed by atoms with Crippen molar-refractivity contribution in [2.24, 2.45) is 0 Å². The molecule has 0 bridgehead atoms. The van der Waals surface area contributed by atoms with Crippen LogP contribution in [0.3, 0.4) is 0 Å². The maximum absolute atomic E-state index is 10.9. The van der Waals surface area contributed by atoms with Crippen molar-refractivity contribution in [1.29, 1.82) is 0 Å². The van der Waals surface area contributed by atoms with Gasteiger partial charge in [0.05, 0.1) is 6.04 Å². The number of pyridine rings is 1. The molecule has 0 fully saturated rings. The number of fused-ring (bicyclic) bond motifs is 1. The summed E-state index contributed by atoms with van der Waals surface area (Å²) in [5.41, 5.74) is 2.03. The first-order chi connectivity index (χ1) is 7.16. The van der Waals surface area contributed by atoms with Gasteiger partial charge in [0.1, 0.15) is 0 Å². The van der Waals surface area contributed by atoms with Crippen molar-refractivity contribution in [1.82, 2.24) is 15.3 Å². The number of rotatable bonds is 2. The molecule has 0 saturated carbocycles. The maximum Gasteiger partial charge on any atom is 0.217 e. The van der Waals surface area contributed by atoms with Crippen LogP contribution in [-0.4, -0.2) is 15.9 Å². The van der Waals surface area contributed by atoms with E-state index in [1.54, 1.807) is 12.4 Å². The number of aromatic nitrogens is 2. The van der Waals surface area contributed by atoms with Crippen LogP contribution in [0, 0.1) is 0 Å². The molecule has 1 amide bonds. The third-order valence-electron chi connectivity index (χ3n) is 2.33. The summed E-state index contributed by atoms with van der Waals surface area (Å²) >= 11 is 0. The van der Waals surface area contributed by atoms with E-state index in [4.69, 9.17) is 0 Å². The van der Waals surface area contributed by atoms with Crippen LogP contribution in [0.25, 0.3) is 10.9 Å². The van der Waals surface area contributed by atoms with Crippen molar-refractivity contribution in [3.8, 4) is 0 Å². The van der Waals surface area contributed by atoms with Crippen molar-refractivity contribution in [3.63, 3.8) is 0 Å². The Kier molecular flexibility index (Phi) is 2.41. The lowest BCUT2D eigenvalue weighted by Crippen LogP contribution is -2.23. The number of aromatic amines is 1. The van der Waals surface area contributed by atoms with Crippen LogP contribution in [0.15, 0.2) is 24.5 Å². The van der Waals surface area contributed by atoms with Crippen LogP contribution < -0.4 is 5.32 Å². The molecule has 2 aromatic heterocycles. The second kappa shape index (κ2) is 3.73. The minimum atomic E-state index is -0.0284. The molecule has 78 valence electrons. The molecule has 0 aliphatic rings. The highest BCUT2D eigenvalue weighted by molar-refractivity contribution is 5.79. The van der Waals surface area contributed by atoms with Crippen LogP contribution >= 0.6 is 0 Å². The lowest BCUT2D eigenvalue weighted by Gasteiger charge is -2.09. The molecule has 1 atom stereocenters. The molecular formula is C11H13N3O. The van der Waals surface area contributed by atoms with Gasteiger partial charge in [-0.2, -0.15) is 0 Å². The molecule has 0 unspecified atom stereocenters. The van der Waals surface area contributed by atoms with E-state index in [0.29, 0.717) is 0 Å². The molecule has 2 heterocycles. The van der Waals surface area contributed by atoms with E-state index in [0.717, 1.165) is 16.6 Å². The average Bonchev–Trinajstić information content (AvgIpc) is 2.59.